The molecular formula is C19H16N4O3. The van der Waals surface area contributed by atoms with Crippen molar-refractivity contribution < 1.29 is 13.9 Å². The average Bonchev–Trinajstić information content (AvgIpc) is 3.40. The average molecular weight is 348 g/mol. The molecule has 0 aliphatic carbocycles. The van der Waals surface area contributed by atoms with E-state index in [1.165, 1.54) is 5.39 Å². The van der Waals surface area contributed by atoms with E-state index in [-0.39, 0.29) is 6.79 Å². The van der Waals surface area contributed by atoms with Crippen LogP contribution >= 0.6 is 0 Å². The van der Waals surface area contributed by atoms with Crippen molar-refractivity contribution in [2.24, 2.45) is 0 Å². The number of nitrogens with zero attached hydrogens (tertiary/aromatic N) is 3. The third-order valence-corrected chi connectivity index (χ3v) is 4.33. The normalized spacial score (nSPS) is 12.6. The molecule has 130 valence electrons. The number of nitrogens with one attached hydrogen (secondary N) is 1. The molecule has 7 nitrogen and oxygen atoms in total. The van der Waals surface area contributed by atoms with Crippen LogP contribution in [-0.4, -0.2) is 21.6 Å². The van der Waals surface area contributed by atoms with Crippen molar-refractivity contribution in [3.05, 3.63) is 66.2 Å². The van der Waals surface area contributed by atoms with Crippen LogP contribution in [0.25, 0.3) is 10.9 Å². The van der Waals surface area contributed by atoms with E-state index in [0.717, 1.165) is 22.6 Å². The van der Waals surface area contributed by atoms with E-state index in [4.69, 9.17) is 13.9 Å². The third-order valence-electron chi connectivity index (χ3n) is 4.33. The molecule has 26 heavy (non-hydrogen) atoms. The molecule has 4 aromatic rings. The Morgan fingerprint density at radius 2 is 1.92 bits per heavy atom. The lowest BCUT2D eigenvalue weighted by Gasteiger charge is -2.03. The van der Waals surface area contributed by atoms with Gasteiger partial charge in [-0.3, -0.25) is 0 Å². The maximum Gasteiger partial charge on any atom is 0.315 e. The number of rotatable bonds is 5. The fourth-order valence-corrected chi connectivity index (χ4v) is 3.04. The number of hydrogen-bond acceptors (Lipinski definition) is 6. The standard InChI is InChI=1S/C19H16N4O3/c1-2-4-15-14(3-1)7-8-23(15)11-18-21-22-19(26-18)20-10-13-5-6-16-17(9-13)25-12-24-16/h1-9H,10-12H2,(H,20,22). The van der Waals surface area contributed by atoms with E-state index >= 15 is 0 Å². The van der Waals surface area contributed by atoms with Crippen LogP contribution in [0.3, 0.4) is 0 Å². The highest BCUT2D eigenvalue weighted by Gasteiger charge is 2.13. The van der Waals surface area contributed by atoms with Gasteiger partial charge in [-0.2, -0.15) is 0 Å². The molecule has 1 N–H and O–H groups in total. The van der Waals surface area contributed by atoms with Crippen molar-refractivity contribution in [2.75, 3.05) is 12.1 Å². The number of anilines is 1. The van der Waals surface area contributed by atoms with E-state index in [0.29, 0.717) is 25.0 Å². The third kappa shape index (κ3) is 2.73. The minimum atomic E-state index is 0.271. The van der Waals surface area contributed by atoms with Crippen molar-refractivity contribution in [2.45, 2.75) is 13.1 Å². The van der Waals surface area contributed by atoms with E-state index in [1.54, 1.807) is 0 Å². The van der Waals surface area contributed by atoms with Crippen LogP contribution < -0.4 is 14.8 Å². The number of hydrogen-bond donors (Lipinski definition) is 1. The summed E-state index contributed by atoms with van der Waals surface area (Å²) in [6.45, 7) is 1.37. The summed E-state index contributed by atoms with van der Waals surface area (Å²) in [4.78, 5) is 0. The zero-order valence-electron chi connectivity index (χ0n) is 13.9. The Balaban J connectivity index is 1.27. The van der Waals surface area contributed by atoms with Gasteiger partial charge in [-0.05, 0) is 35.2 Å². The molecule has 2 aromatic carbocycles. The van der Waals surface area contributed by atoms with Gasteiger partial charge in [0.05, 0.1) is 0 Å². The summed E-state index contributed by atoms with van der Waals surface area (Å²) in [5, 5.41) is 12.5. The van der Waals surface area contributed by atoms with Crippen LogP contribution in [0.15, 0.2) is 59.1 Å². The molecule has 5 rings (SSSR count). The molecule has 0 atom stereocenters. The first kappa shape index (κ1) is 14.8. The van der Waals surface area contributed by atoms with Crippen molar-refractivity contribution in [3.8, 4) is 11.5 Å². The first-order chi connectivity index (χ1) is 12.8. The molecule has 0 bridgehead atoms. The Morgan fingerprint density at radius 3 is 2.92 bits per heavy atom. The fourth-order valence-electron chi connectivity index (χ4n) is 3.04. The zero-order chi connectivity index (χ0) is 17.3. The fraction of sp³-hybridized carbons (Fsp3) is 0.158. The minimum Gasteiger partial charge on any atom is -0.454 e. The molecule has 0 amide bonds. The summed E-state index contributed by atoms with van der Waals surface area (Å²) in [6.07, 6.45) is 2.02. The van der Waals surface area contributed by atoms with Gasteiger partial charge in [-0.25, -0.2) is 0 Å². The van der Waals surface area contributed by atoms with Crippen LogP contribution in [0.5, 0.6) is 11.5 Å². The molecule has 1 aliphatic rings. The van der Waals surface area contributed by atoms with Crippen molar-refractivity contribution in [1.29, 1.82) is 0 Å². The van der Waals surface area contributed by atoms with Gasteiger partial charge < -0.3 is 23.8 Å². The highest BCUT2D eigenvalue weighted by molar-refractivity contribution is 5.79. The largest absolute Gasteiger partial charge is 0.454 e. The molecule has 2 aromatic heterocycles. The van der Waals surface area contributed by atoms with Crippen molar-refractivity contribution >= 4 is 16.9 Å². The molecule has 0 fully saturated rings. The SMILES string of the molecule is c1ccc2c(c1)ccn2Cc1nnc(NCc2ccc3c(c2)OCO3)o1. The number of ether oxygens (including phenoxy) is 2. The Hall–Kier alpha value is -3.48. The molecule has 1 aliphatic heterocycles. The molecule has 0 radical (unpaired) electrons. The maximum absolute atomic E-state index is 5.71. The van der Waals surface area contributed by atoms with Gasteiger partial charge >= 0.3 is 6.01 Å². The highest BCUT2D eigenvalue weighted by atomic mass is 16.7. The molecule has 0 saturated heterocycles. The van der Waals surface area contributed by atoms with Crippen LogP contribution in [0.1, 0.15) is 11.5 Å². The Morgan fingerprint density at radius 1 is 1.00 bits per heavy atom. The lowest BCUT2D eigenvalue weighted by atomic mass is 10.2. The van der Waals surface area contributed by atoms with Crippen LogP contribution in [0, 0.1) is 0 Å². The lowest BCUT2D eigenvalue weighted by molar-refractivity contribution is 0.174. The van der Waals surface area contributed by atoms with Crippen molar-refractivity contribution in [1.82, 2.24) is 14.8 Å². The first-order valence-electron chi connectivity index (χ1n) is 8.34. The second-order valence-corrected chi connectivity index (χ2v) is 6.04. The number of para-hydroxylation sites is 1. The molecular weight excluding hydrogens is 332 g/mol. The van der Waals surface area contributed by atoms with Crippen LogP contribution in [-0.2, 0) is 13.1 Å². The van der Waals surface area contributed by atoms with Crippen LogP contribution in [0.2, 0.25) is 0 Å². The predicted octanol–water partition coefficient (Wildman–Crippen LogP) is 3.41. The monoisotopic (exact) mass is 348 g/mol. The predicted molar refractivity (Wildman–Crippen MR) is 95.2 cm³/mol. The summed E-state index contributed by atoms with van der Waals surface area (Å²) in [5.41, 5.74) is 2.19. The minimum absolute atomic E-state index is 0.271. The summed E-state index contributed by atoms with van der Waals surface area (Å²) in [5.74, 6) is 2.09. The summed E-state index contributed by atoms with van der Waals surface area (Å²) < 4.78 is 18.5. The second-order valence-electron chi connectivity index (χ2n) is 6.04. The number of aromatic nitrogens is 3. The Bertz CT molecular complexity index is 1070. The topological polar surface area (TPSA) is 74.3 Å². The quantitative estimate of drug-likeness (QED) is 0.596. The Labute approximate surface area is 149 Å². The molecule has 0 spiro atoms. The van der Waals surface area contributed by atoms with Gasteiger partial charge in [0.15, 0.2) is 11.5 Å². The number of benzene rings is 2. The van der Waals surface area contributed by atoms with Gasteiger partial charge in [0, 0.05) is 18.3 Å². The highest BCUT2D eigenvalue weighted by Crippen LogP contribution is 2.32. The van der Waals surface area contributed by atoms with E-state index in [2.05, 4.69) is 38.3 Å². The molecule has 0 unspecified atom stereocenters. The molecule has 0 saturated carbocycles. The maximum atomic E-state index is 5.71. The van der Waals surface area contributed by atoms with Gasteiger partial charge in [0.25, 0.3) is 0 Å². The van der Waals surface area contributed by atoms with Crippen LogP contribution in [0.4, 0.5) is 6.01 Å². The first-order valence-corrected chi connectivity index (χ1v) is 8.34. The second kappa shape index (κ2) is 6.11. The molecule has 3 heterocycles. The van der Waals surface area contributed by atoms with Gasteiger partial charge in [0.2, 0.25) is 12.7 Å². The van der Waals surface area contributed by atoms with E-state index < -0.39 is 0 Å². The summed E-state index contributed by atoms with van der Waals surface area (Å²) in [6, 6.07) is 16.5. The number of fused-ring (bicyclic) bond motifs is 2. The molecule has 7 heteroatoms. The van der Waals surface area contributed by atoms with Crippen molar-refractivity contribution in [3.63, 3.8) is 0 Å². The van der Waals surface area contributed by atoms with E-state index in [1.807, 2.05) is 36.5 Å². The van der Waals surface area contributed by atoms with Gasteiger partial charge in [-0.15, -0.1) is 5.10 Å². The van der Waals surface area contributed by atoms with E-state index in [9.17, 15) is 0 Å². The summed E-state index contributed by atoms with van der Waals surface area (Å²) >= 11 is 0. The Kier molecular flexibility index (Phi) is 3.48. The van der Waals surface area contributed by atoms with Gasteiger partial charge in [0.1, 0.15) is 6.54 Å². The lowest BCUT2D eigenvalue weighted by Crippen LogP contribution is -1.99. The summed E-state index contributed by atoms with van der Waals surface area (Å²) in [7, 11) is 0. The van der Waals surface area contributed by atoms with Gasteiger partial charge in [-0.1, -0.05) is 29.4 Å². The zero-order valence-corrected chi connectivity index (χ0v) is 13.9. The smallest absolute Gasteiger partial charge is 0.315 e.